The molecule has 0 saturated heterocycles. The van der Waals surface area contributed by atoms with Gasteiger partial charge in [-0.3, -0.25) is 4.79 Å². The van der Waals surface area contributed by atoms with Crippen LogP contribution in [-0.2, 0) is 0 Å². The first-order valence-electron chi connectivity index (χ1n) is 6.27. The smallest absolute Gasteiger partial charge is 0.335 e. The molecule has 1 aliphatic rings. The van der Waals surface area contributed by atoms with Crippen LogP contribution >= 0.6 is 0 Å². The number of carboxylic acids is 1. The number of benzene rings is 2. The van der Waals surface area contributed by atoms with Gasteiger partial charge in [-0.15, -0.1) is 0 Å². The van der Waals surface area contributed by atoms with Crippen LogP contribution in [0.3, 0.4) is 0 Å². The van der Waals surface area contributed by atoms with Crippen molar-refractivity contribution in [2.45, 2.75) is 12.5 Å². The Bertz CT molecular complexity index is 690. The summed E-state index contributed by atoms with van der Waals surface area (Å²) in [4.78, 5) is 23.1. The van der Waals surface area contributed by atoms with Gasteiger partial charge in [0.2, 0.25) is 0 Å². The molecule has 0 radical (unpaired) electrons. The molecule has 0 fully saturated rings. The summed E-state index contributed by atoms with van der Waals surface area (Å²) in [6, 6.07) is 13.6. The van der Waals surface area contributed by atoms with Crippen molar-refractivity contribution in [3.05, 3.63) is 65.2 Å². The summed E-state index contributed by atoms with van der Waals surface area (Å²) in [5.41, 5.74) is 1.48. The van der Waals surface area contributed by atoms with Gasteiger partial charge in [0.15, 0.2) is 5.78 Å². The SMILES string of the molecule is O=C(O)c1cccc(C2CC(=O)c3ccccc3O2)c1. The van der Waals surface area contributed by atoms with Gasteiger partial charge in [-0.25, -0.2) is 4.79 Å². The van der Waals surface area contributed by atoms with Crippen LogP contribution in [-0.4, -0.2) is 16.9 Å². The second-order valence-corrected chi connectivity index (χ2v) is 4.66. The first-order valence-corrected chi connectivity index (χ1v) is 6.27. The number of ketones is 1. The molecule has 1 unspecified atom stereocenters. The van der Waals surface area contributed by atoms with Gasteiger partial charge in [0, 0.05) is 0 Å². The molecule has 4 heteroatoms. The fourth-order valence-electron chi connectivity index (χ4n) is 2.33. The number of rotatable bonds is 2. The van der Waals surface area contributed by atoms with Crippen molar-refractivity contribution in [3.63, 3.8) is 0 Å². The highest BCUT2D eigenvalue weighted by Crippen LogP contribution is 2.34. The standard InChI is InChI=1S/C16H12O4/c17-13-9-15(20-14-7-2-1-6-12(13)14)10-4-3-5-11(8-10)16(18)19/h1-8,15H,9H2,(H,18,19). The molecule has 0 aliphatic carbocycles. The van der Waals surface area contributed by atoms with Crippen LogP contribution < -0.4 is 4.74 Å². The number of fused-ring (bicyclic) bond motifs is 1. The molecule has 0 saturated carbocycles. The minimum Gasteiger partial charge on any atom is -0.484 e. The lowest BCUT2D eigenvalue weighted by molar-refractivity contribution is 0.0696. The second-order valence-electron chi connectivity index (χ2n) is 4.66. The molecular formula is C16H12O4. The quantitative estimate of drug-likeness (QED) is 0.909. The van der Waals surface area contributed by atoms with Crippen molar-refractivity contribution in [1.82, 2.24) is 0 Å². The van der Waals surface area contributed by atoms with Crippen LogP contribution in [0.15, 0.2) is 48.5 Å². The molecule has 3 rings (SSSR count). The number of aromatic carboxylic acids is 1. The Kier molecular flexibility index (Phi) is 2.99. The maximum Gasteiger partial charge on any atom is 0.335 e. The Morgan fingerprint density at radius 2 is 1.95 bits per heavy atom. The predicted octanol–water partition coefficient (Wildman–Crippen LogP) is 3.09. The van der Waals surface area contributed by atoms with Gasteiger partial charge in [-0.1, -0.05) is 24.3 Å². The Balaban J connectivity index is 1.95. The topological polar surface area (TPSA) is 63.6 Å². The summed E-state index contributed by atoms with van der Waals surface area (Å²) >= 11 is 0. The van der Waals surface area contributed by atoms with E-state index in [2.05, 4.69) is 0 Å². The lowest BCUT2D eigenvalue weighted by Crippen LogP contribution is -2.20. The Morgan fingerprint density at radius 3 is 2.75 bits per heavy atom. The number of carboxylic acid groups (broad SMARTS) is 1. The molecule has 0 bridgehead atoms. The molecule has 1 heterocycles. The third-order valence-electron chi connectivity index (χ3n) is 3.33. The van der Waals surface area contributed by atoms with Crippen LogP contribution in [0.2, 0.25) is 0 Å². The Hall–Kier alpha value is -2.62. The largest absolute Gasteiger partial charge is 0.484 e. The first kappa shape index (κ1) is 12.4. The summed E-state index contributed by atoms with van der Waals surface area (Å²) in [7, 11) is 0. The van der Waals surface area contributed by atoms with E-state index in [0.29, 0.717) is 16.9 Å². The van der Waals surface area contributed by atoms with Gasteiger partial charge >= 0.3 is 5.97 Å². The Morgan fingerprint density at radius 1 is 1.15 bits per heavy atom. The molecule has 2 aromatic carbocycles. The summed E-state index contributed by atoms with van der Waals surface area (Å²) in [5, 5.41) is 9.01. The number of carbonyl (C=O) groups is 2. The number of Topliss-reactive ketones (excluding diaryl/α,β-unsaturated/α-hetero) is 1. The Labute approximate surface area is 115 Å². The van der Waals surface area contributed by atoms with Crippen molar-refractivity contribution in [3.8, 4) is 5.75 Å². The zero-order valence-electron chi connectivity index (χ0n) is 10.6. The normalized spacial score (nSPS) is 17.2. The van der Waals surface area contributed by atoms with Crippen molar-refractivity contribution < 1.29 is 19.4 Å². The summed E-state index contributed by atoms with van der Waals surface area (Å²) in [6.45, 7) is 0. The van der Waals surface area contributed by atoms with E-state index in [-0.39, 0.29) is 17.8 Å². The number of para-hydroxylation sites is 1. The summed E-state index contributed by atoms with van der Waals surface area (Å²) in [6.07, 6.45) is -0.211. The minimum atomic E-state index is -0.991. The van der Waals surface area contributed by atoms with E-state index >= 15 is 0 Å². The van der Waals surface area contributed by atoms with E-state index in [0.717, 1.165) is 0 Å². The van der Waals surface area contributed by atoms with Crippen LogP contribution in [0.5, 0.6) is 5.75 Å². The van der Waals surface area contributed by atoms with Crippen molar-refractivity contribution in [2.24, 2.45) is 0 Å². The van der Waals surface area contributed by atoms with Gasteiger partial charge in [0.1, 0.15) is 11.9 Å². The van der Waals surface area contributed by atoms with E-state index < -0.39 is 12.1 Å². The van der Waals surface area contributed by atoms with Gasteiger partial charge in [-0.05, 0) is 29.8 Å². The number of hydrogen-bond donors (Lipinski definition) is 1. The average molecular weight is 268 g/mol. The summed E-state index contributed by atoms with van der Waals surface area (Å²) in [5.74, 6) is -0.429. The number of carbonyl (C=O) groups excluding carboxylic acids is 1. The van der Waals surface area contributed by atoms with Crippen molar-refractivity contribution in [2.75, 3.05) is 0 Å². The fourth-order valence-corrected chi connectivity index (χ4v) is 2.33. The van der Waals surface area contributed by atoms with Gasteiger partial charge < -0.3 is 9.84 Å². The molecule has 1 N–H and O–H groups in total. The zero-order valence-corrected chi connectivity index (χ0v) is 10.6. The van der Waals surface area contributed by atoms with E-state index in [1.54, 1.807) is 36.4 Å². The maximum absolute atomic E-state index is 12.1. The highest BCUT2D eigenvalue weighted by atomic mass is 16.5. The highest BCUT2D eigenvalue weighted by molar-refractivity contribution is 6.00. The van der Waals surface area contributed by atoms with Crippen molar-refractivity contribution in [1.29, 1.82) is 0 Å². The van der Waals surface area contributed by atoms with E-state index in [4.69, 9.17) is 9.84 Å². The molecule has 4 nitrogen and oxygen atoms in total. The first-order chi connectivity index (χ1) is 9.65. The lowest BCUT2D eigenvalue weighted by Gasteiger charge is -2.25. The lowest BCUT2D eigenvalue weighted by atomic mass is 9.95. The molecule has 2 aromatic rings. The third-order valence-corrected chi connectivity index (χ3v) is 3.33. The van der Waals surface area contributed by atoms with Crippen LogP contribution in [0.4, 0.5) is 0 Å². The van der Waals surface area contributed by atoms with Gasteiger partial charge in [-0.2, -0.15) is 0 Å². The van der Waals surface area contributed by atoms with Crippen LogP contribution in [0, 0.1) is 0 Å². The predicted molar refractivity (Wildman–Crippen MR) is 72.2 cm³/mol. The van der Waals surface area contributed by atoms with Crippen molar-refractivity contribution >= 4 is 11.8 Å². The third kappa shape index (κ3) is 2.16. The number of ether oxygens (including phenoxy) is 1. The molecule has 100 valence electrons. The highest BCUT2D eigenvalue weighted by Gasteiger charge is 2.27. The molecule has 1 aliphatic heterocycles. The average Bonchev–Trinajstić information content (AvgIpc) is 2.47. The van der Waals surface area contributed by atoms with E-state index in [1.165, 1.54) is 6.07 Å². The molecule has 0 spiro atoms. The fraction of sp³-hybridized carbons (Fsp3) is 0.125. The molecule has 20 heavy (non-hydrogen) atoms. The molecule has 1 atom stereocenters. The summed E-state index contributed by atoms with van der Waals surface area (Å²) < 4.78 is 5.81. The van der Waals surface area contributed by atoms with E-state index in [1.807, 2.05) is 6.07 Å². The van der Waals surface area contributed by atoms with Crippen LogP contribution in [0.1, 0.15) is 38.8 Å². The second kappa shape index (κ2) is 4.81. The zero-order chi connectivity index (χ0) is 14.1. The van der Waals surface area contributed by atoms with Crippen LogP contribution in [0.25, 0.3) is 0 Å². The van der Waals surface area contributed by atoms with Gasteiger partial charge in [0.25, 0.3) is 0 Å². The maximum atomic E-state index is 12.1. The van der Waals surface area contributed by atoms with E-state index in [9.17, 15) is 9.59 Å². The molecule has 0 amide bonds. The molecule has 0 aromatic heterocycles. The molecular weight excluding hydrogens is 256 g/mol. The monoisotopic (exact) mass is 268 g/mol. The van der Waals surface area contributed by atoms with Gasteiger partial charge in [0.05, 0.1) is 17.5 Å². The minimum absolute atomic E-state index is 0.0116. The number of hydrogen-bond acceptors (Lipinski definition) is 3.